The molecule has 1 saturated carbocycles. The van der Waals surface area contributed by atoms with Crippen LogP contribution >= 0.6 is 0 Å². The van der Waals surface area contributed by atoms with E-state index in [0.29, 0.717) is 24.5 Å². The topological polar surface area (TPSA) is 106 Å². The minimum Gasteiger partial charge on any atom is -0.483 e. The molecule has 2 N–H and O–H groups in total. The van der Waals surface area contributed by atoms with Gasteiger partial charge in [0.2, 0.25) is 0 Å². The molecule has 3 heterocycles. The summed E-state index contributed by atoms with van der Waals surface area (Å²) >= 11 is 0. The third-order valence-electron chi connectivity index (χ3n) is 7.75. The Labute approximate surface area is 213 Å². The van der Waals surface area contributed by atoms with Gasteiger partial charge in [0, 0.05) is 19.0 Å². The Morgan fingerprint density at radius 2 is 1.83 bits per heavy atom. The van der Waals surface area contributed by atoms with Crippen molar-refractivity contribution in [1.29, 1.82) is 0 Å². The van der Waals surface area contributed by atoms with Gasteiger partial charge in [-0.15, -0.1) is 15.3 Å². The van der Waals surface area contributed by atoms with E-state index in [1.807, 2.05) is 23.7 Å². The van der Waals surface area contributed by atoms with Crippen LogP contribution in [0.2, 0.25) is 0 Å². The van der Waals surface area contributed by atoms with Crippen LogP contribution in [0.3, 0.4) is 0 Å². The van der Waals surface area contributed by atoms with Crippen LogP contribution in [0.15, 0.2) is 30.5 Å². The van der Waals surface area contributed by atoms with Crippen LogP contribution in [0.5, 0.6) is 5.75 Å². The molecule has 0 spiro atoms. The van der Waals surface area contributed by atoms with E-state index >= 15 is 0 Å². The lowest BCUT2D eigenvalue weighted by atomic mass is 9.85. The van der Waals surface area contributed by atoms with Crippen molar-refractivity contribution in [2.24, 2.45) is 12.8 Å². The van der Waals surface area contributed by atoms with Gasteiger partial charge >= 0.3 is 0 Å². The Hall–Kier alpha value is -2.78. The largest absolute Gasteiger partial charge is 0.483 e. The van der Waals surface area contributed by atoms with E-state index in [4.69, 9.17) is 15.2 Å². The first-order valence-corrected chi connectivity index (χ1v) is 13.3. The molecule has 9 nitrogen and oxygen atoms in total. The second kappa shape index (κ2) is 10.7. The van der Waals surface area contributed by atoms with E-state index in [1.165, 1.54) is 5.56 Å². The molecule has 2 unspecified atom stereocenters. The van der Waals surface area contributed by atoms with E-state index in [2.05, 4.69) is 64.3 Å². The lowest BCUT2D eigenvalue weighted by molar-refractivity contribution is 0.00154. The molecular weight excluding hydrogens is 454 g/mol. The molecule has 3 atom stereocenters. The highest BCUT2D eigenvalue weighted by Crippen LogP contribution is 2.38. The zero-order chi connectivity index (χ0) is 25.2. The summed E-state index contributed by atoms with van der Waals surface area (Å²) in [6, 6.07) is 8.80. The van der Waals surface area contributed by atoms with E-state index in [0.717, 1.165) is 61.6 Å². The van der Waals surface area contributed by atoms with Crippen molar-refractivity contribution >= 4 is 0 Å². The fraction of sp³-hybridized carbons (Fsp3) is 0.630. The van der Waals surface area contributed by atoms with E-state index in [-0.39, 0.29) is 18.2 Å². The van der Waals surface area contributed by atoms with Crippen LogP contribution in [-0.2, 0) is 11.8 Å². The molecule has 0 radical (unpaired) electrons. The maximum atomic E-state index is 6.25. The van der Waals surface area contributed by atoms with Gasteiger partial charge in [-0.25, -0.2) is 4.68 Å². The molecule has 2 aromatic heterocycles. The Bertz CT molecular complexity index is 1140. The highest BCUT2D eigenvalue weighted by atomic mass is 16.5. The lowest BCUT2D eigenvalue weighted by Crippen LogP contribution is -2.32. The number of nitrogens with zero attached hydrogens (tertiary/aromatic N) is 6. The molecule has 1 aromatic carbocycles. The second-order valence-electron chi connectivity index (χ2n) is 10.8. The third-order valence-corrected chi connectivity index (χ3v) is 7.75. The highest BCUT2D eigenvalue weighted by molar-refractivity contribution is 5.30. The summed E-state index contributed by atoms with van der Waals surface area (Å²) in [5, 5.41) is 18.0. The summed E-state index contributed by atoms with van der Waals surface area (Å²) < 4.78 is 16.3. The van der Waals surface area contributed by atoms with Gasteiger partial charge < -0.3 is 19.8 Å². The zero-order valence-corrected chi connectivity index (χ0v) is 21.9. The summed E-state index contributed by atoms with van der Waals surface area (Å²) in [7, 11) is 2.06. The fourth-order valence-electron chi connectivity index (χ4n) is 5.49. The maximum Gasteiger partial charge on any atom is 0.173 e. The Morgan fingerprint density at radius 1 is 1.03 bits per heavy atom. The van der Waals surface area contributed by atoms with Gasteiger partial charge in [-0.1, -0.05) is 31.2 Å². The van der Waals surface area contributed by atoms with Crippen LogP contribution in [-0.4, -0.2) is 42.4 Å². The highest BCUT2D eigenvalue weighted by Gasteiger charge is 2.30. The number of ether oxygens (including phenoxy) is 2. The smallest absolute Gasteiger partial charge is 0.173 e. The number of rotatable bonds is 7. The normalized spacial score (nSPS) is 25.7. The van der Waals surface area contributed by atoms with Crippen molar-refractivity contribution < 1.29 is 9.47 Å². The average Bonchev–Trinajstić information content (AvgIpc) is 3.52. The summed E-state index contributed by atoms with van der Waals surface area (Å²) in [5.74, 6) is 3.61. The monoisotopic (exact) mass is 493 g/mol. The molecule has 2 fully saturated rings. The first kappa shape index (κ1) is 24.9. The number of nitrogens with two attached hydrogens (primary N) is 1. The number of hydrogen-bond acceptors (Lipinski definition) is 7. The molecular formula is C27H39N7O2. The predicted octanol–water partition coefficient (Wildman–Crippen LogP) is 4.75. The number of aromatic nitrogens is 6. The molecule has 9 heteroatoms. The van der Waals surface area contributed by atoms with Crippen LogP contribution < -0.4 is 10.5 Å². The Kier molecular flexibility index (Phi) is 7.39. The van der Waals surface area contributed by atoms with Gasteiger partial charge in [-0.3, -0.25) is 0 Å². The quantitative estimate of drug-likeness (QED) is 0.506. The number of hydrogen-bond donors (Lipinski definition) is 1. The summed E-state index contributed by atoms with van der Waals surface area (Å²) in [5.41, 5.74) is 8.15. The lowest BCUT2D eigenvalue weighted by Gasteiger charge is -2.28. The molecule has 0 amide bonds. The first-order chi connectivity index (χ1) is 17.4. The molecule has 5 rings (SSSR count). The Balaban J connectivity index is 1.19. The zero-order valence-electron chi connectivity index (χ0n) is 21.9. The molecule has 1 saturated heterocycles. The van der Waals surface area contributed by atoms with Crippen molar-refractivity contribution in [1.82, 2.24) is 29.8 Å². The van der Waals surface area contributed by atoms with Crippen LogP contribution in [0.1, 0.15) is 112 Å². The van der Waals surface area contributed by atoms with Gasteiger partial charge in [0.25, 0.3) is 0 Å². The standard InChI is InChI=1S/C27H39N7O2/c1-17(2)20-6-5-7-23(14-20)36-18(3)26-30-31-27(33(26)4)19-8-11-22(12-9-19)34-15-24(29-32-34)25-13-10-21(28)16-35-25/h5-7,14-15,17-19,21-22,25H,8-13,16,28H2,1-4H3/t18-,19?,21?,22?,25?/m1/s1. The van der Waals surface area contributed by atoms with Crippen LogP contribution in [0.25, 0.3) is 0 Å². The van der Waals surface area contributed by atoms with Gasteiger partial charge in [-0.2, -0.15) is 0 Å². The predicted molar refractivity (Wildman–Crippen MR) is 137 cm³/mol. The minimum absolute atomic E-state index is 0.0176. The second-order valence-corrected chi connectivity index (χ2v) is 10.8. The van der Waals surface area contributed by atoms with E-state index in [1.54, 1.807) is 0 Å². The average molecular weight is 494 g/mol. The SMILES string of the molecule is CC(C)c1cccc(O[C@H](C)c2nnc(C3CCC(n4cc(C5CCC(N)CO5)nn4)CC3)n2C)c1. The van der Waals surface area contributed by atoms with E-state index < -0.39 is 0 Å². The van der Waals surface area contributed by atoms with Gasteiger partial charge in [0.05, 0.1) is 18.8 Å². The fourth-order valence-corrected chi connectivity index (χ4v) is 5.49. The third kappa shape index (κ3) is 5.32. The summed E-state index contributed by atoms with van der Waals surface area (Å²) in [6.45, 7) is 7.01. The molecule has 1 aliphatic heterocycles. The van der Waals surface area contributed by atoms with Gasteiger partial charge in [0.15, 0.2) is 11.9 Å². The van der Waals surface area contributed by atoms with Gasteiger partial charge in [-0.05, 0) is 69.1 Å². The summed E-state index contributed by atoms with van der Waals surface area (Å²) in [4.78, 5) is 0. The molecule has 2 aliphatic rings. The molecule has 194 valence electrons. The van der Waals surface area contributed by atoms with Crippen LogP contribution in [0, 0.1) is 0 Å². The van der Waals surface area contributed by atoms with Crippen molar-refractivity contribution in [3.05, 3.63) is 53.4 Å². The Morgan fingerprint density at radius 3 is 2.56 bits per heavy atom. The van der Waals surface area contributed by atoms with Crippen molar-refractivity contribution in [2.75, 3.05) is 6.61 Å². The molecule has 1 aliphatic carbocycles. The molecule has 3 aromatic rings. The van der Waals surface area contributed by atoms with Crippen LogP contribution in [0.4, 0.5) is 0 Å². The van der Waals surface area contributed by atoms with E-state index in [9.17, 15) is 0 Å². The first-order valence-electron chi connectivity index (χ1n) is 13.3. The maximum absolute atomic E-state index is 6.25. The van der Waals surface area contributed by atoms with Crippen molar-refractivity contribution in [2.45, 2.75) is 95.4 Å². The van der Waals surface area contributed by atoms with Crippen molar-refractivity contribution in [3.63, 3.8) is 0 Å². The summed E-state index contributed by atoms with van der Waals surface area (Å²) in [6.07, 6.45) is 7.96. The molecule has 0 bridgehead atoms. The molecule has 36 heavy (non-hydrogen) atoms. The minimum atomic E-state index is -0.180. The number of benzene rings is 1. The van der Waals surface area contributed by atoms with Gasteiger partial charge in [0.1, 0.15) is 23.4 Å². The van der Waals surface area contributed by atoms with Crippen molar-refractivity contribution in [3.8, 4) is 5.75 Å².